The fraction of sp³-hybridized carbons (Fsp3) is 0.379. The van der Waals surface area contributed by atoms with Gasteiger partial charge in [-0.25, -0.2) is 4.39 Å². The fourth-order valence-electron chi connectivity index (χ4n) is 3.83. The molecule has 0 amide bonds. The van der Waals surface area contributed by atoms with Crippen LogP contribution in [0.15, 0.2) is 84.7 Å². The normalized spacial score (nSPS) is 17.6. The van der Waals surface area contributed by atoms with Gasteiger partial charge in [0.2, 0.25) is 0 Å². The van der Waals surface area contributed by atoms with Gasteiger partial charge in [0.25, 0.3) is 0 Å². The van der Waals surface area contributed by atoms with E-state index in [0.29, 0.717) is 36.8 Å². The zero-order chi connectivity index (χ0) is 24.1. The van der Waals surface area contributed by atoms with Gasteiger partial charge in [-0.1, -0.05) is 62.1 Å². The molecular weight excluding hydrogens is 427 g/mol. The smallest absolute Gasteiger partial charge is 0.151 e. The molecule has 0 spiro atoms. The van der Waals surface area contributed by atoms with Crippen LogP contribution in [0.1, 0.15) is 50.5 Å². The van der Waals surface area contributed by atoms with Crippen molar-refractivity contribution < 1.29 is 13.9 Å². The van der Waals surface area contributed by atoms with Crippen molar-refractivity contribution in [2.75, 3.05) is 24.7 Å². The van der Waals surface area contributed by atoms with E-state index in [-0.39, 0.29) is 0 Å². The third-order valence-electron chi connectivity index (χ3n) is 5.83. The van der Waals surface area contributed by atoms with Crippen LogP contribution in [0.25, 0.3) is 0 Å². The number of nitrogens with two attached hydrogens (primary N) is 2. The Morgan fingerprint density at radius 3 is 2.26 bits per heavy atom. The van der Waals surface area contributed by atoms with Crippen molar-refractivity contribution in [3.8, 4) is 5.75 Å². The molecule has 1 atom stereocenters. The van der Waals surface area contributed by atoms with Gasteiger partial charge < -0.3 is 20.9 Å². The van der Waals surface area contributed by atoms with E-state index < -0.39 is 5.67 Å². The number of hydrogen-bond donors (Lipinski definition) is 2. The molecule has 1 aliphatic carbocycles. The lowest BCUT2D eigenvalue weighted by molar-refractivity contribution is 0.207. The lowest BCUT2D eigenvalue weighted by atomic mass is 9.95. The molecule has 2 aromatic rings. The van der Waals surface area contributed by atoms with Crippen molar-refractivity contribution in [1.82, 2.24) is 0 Å². The highest BCUT2D eigenvalue weighted by Gasteiger charge is 2.24. The van der Waals surface area contributed by atoms with Crippen LogP contribution in [0, 0.1) is 0 Å². The van der Waals surface area contributed by atoms with Crippen molar-refractivity contribution in [3.63, 3.8) is 0 Å². The second-order valence-corrected chi connectivity index (χ2v) is 8.78. The van der Waals surface area contributed by atoms with E-state index in [2.05, 4.69) is 0 Å². The number of hydrogen-bond acceptors (Lipinski definition) is 4. The van der Waals surface area contributed by atoms with Crippen molar-refractivity contribution in [1.29, 1.82) is 0 Å². The quantitative estimate of drug-likeness (QED) is 0.180. The maximum atomic E-state index is 14.9. The van der Waals surface area contributed by atoms with Gasteiger partial charge in [-0.05, 0) is 67.3 Å². The van der Waals surface area contributed by atoms with Crippen LogP contribution < -0.4 is 16.2 Å². The molecule has 4 N–H and O–H groups in total. The Morgan fingerprint density at radius 1 is 0.882 bits per heavy atom. The molecule has 0 heterocycles. The average molecular weight is 465 g/mol. The minimum absolute atomic E-state index is 0.314. The number of unbranched alkanes of at least 4 members (excludes halogenated alkanes) is 5. The number of ether oxygens (including phenoxy) is 2. The van der Waals surface area contributed by atoms with Crippen molar-refractivity contribution in [3.05, 3.63) is 90.2 Å². The summed E-state index contributed by atoms with van der Waals surface area (Å²) in [6.45, 7) is 1.33. The summed E-state index contributed by atoms with van der Waals surface area (Å²) in [6, 6.07) is 15.4. The number of alkyl halides is 1. The van der Waals surface area contributed by atoms with E-state index >= 15 is 0 Å². The number of rotatable bonds is 14. The van der Waals surface area contributed by atoms with E-state index in [1.54, 1.807) is 30.4 Å². The van der Waals surface area contributed by atoms with Gasteiger partial charge >= 0.3 is 0 Å². The summed E-state index contributed by atoms with van der Waals surface area (Å²) in [6.07, 6.45) is 16.4. The number of benzene rings is 2. The minimum atomic E-state index is -1.43. The summed E-state index contributed by atoms with van der Waals surface area (Å²) in [5.74, 6) is 1.47. The predicted octanol–water partition coefficient (Wildman–Crippen LogP) is 6.94. The summed E-state index contributed by atoms with van der Waals surface area (Å²) >= 11 is 0. The Hall–Kier alpha value is -3.21. The molecule has 3 rings (SSSR count). The lowest BCUT2D eigenvalue weighted by Gasteiger charge is -2.20. The van der Waals surface area contributed by atoms with E-state index in [1.807, 2.05) is 48.6 Å². The van der Waals surface area contributed by atoms with Crippen LogP contribution in [0.5, 0.6) is 5.75 Å². The minimum Gasteiger partial charge on any atom is -0.494 e. The maximum Gasteiger partial charge on any atom is 0.151 e. The molecular formula is C29H37FN2O2. The largest absolute Gasteiger partial charge is 0.494 e. The molecule has 0 aliphatic heterocycles. The number of halogens is 1. The third-order valence-corrected chi connectivity index (χ3v) is 5.83. The molecule has 1 aliphatic rings. The van der Waals surface area contributed by atoms with Gasteiger partial charge in [-0.15, -0.1) is 0 Å². The lowest BCUT2D eigenvalue weighted by Crippen LogP contribution is -2.18. The summed E-state index contributed by atoms with van der Waals surface area (Å²) in [5.41, 5.74) is 12.6. The van der Waals surface area contributed by atoms with E-state index in [1.165, 1.54) is 18.4 Å². The van der Waals surface area contributed by atoms with Gasteiger partial charge in [-0.2, -0.15) is 0 Å². The number of anilines is 2. The van der Waals surface area contributed by atoms with Crippen LogP contribution in [0.4, 0.5) is 15.8 Å². The Morgan fingerprint density at radius 2 is 1.59 bits per heavy atom. The molecule has 0 radical (unpaired) electrons. The first-order chi connectivity index (χ1) is 16.5. The first-order valence-corrected chi connectivity index (χ1v) is 12.2. The second-order valence-electron chi connectivity index (χ2n) is 8.78. The zero-order valence-electron chi connectivity index (χ0n) is 19.9. The van der Waals surface area contributed by atoms with Crippen LogP contribution in [-0.2, 0) is 11.2 Å². The van der Waals surface area contributed by atoms with Gasteiger partial charge in [0, 0.05) is 12.1 Å². The first kappa shape index (κ1) is 25.4. The van der Waals surface area contributed by atoms with E-state index in [9.17, 15) is 4.39 Å². The molecule has 0 saturated carbocycles. The SMILES string of the molecule is Nc1ccc(OCCCCCCCCOC2=CCC(F)(C=CCc3ccccc3)C=C2)c(N)c1. The third kappa shape index (κ3) is 8.97. The highest BCUT2D eigenvalue weighted by Crippen LogP contribution is 2.27. The van der Waals surface area contributed by atoms with E-state index in [0.717, 1.165) is 37.9 Å². The molecule has 34 heavy (non-hydrogen) atoms. The zero-order valence-corrected chi connectivity index (χ0v) is 19.9. The van der Waals surface area contributed by atoms with Crippen LogP contribution >= 0.6 is 0 Å². The average Bonchev–Trinajstić information content (AvgIpc) is 2.83. The molecule has 0 aromatic heterocycles. The van der Waals surface area contributed by atoms with E-state index in [4.69, 9.17) is 20.9 Å². The Balaban J connectivity index is 1.19. The molecule has 2 aromatic carbocycles. The summed E-state index contributed by atoms with van der Waals surface area (Å²) < 4.78 is 26.4. The highest BCUT2D eigenvalue weighted by molar-refractivity contribution is 5.60. The van der Waals surface area contributed by atoms with Crippen molar-refractivity contribution in [2.24, 2.45) is 0 Å². The summed E-state index contributed by atoms with van der Waals surface area (Å²) in [5, 5.41) is 0. The highest BCUT2D eigenvalue weighted by atomic mass is 19.1. The Kier molecular flexibility index (Phi) is 10.1. The summed E-state index contributed by atoms with van der Waals surface area (Å²) in [4.78, 5) is 0. The maximum absolute atomic E-state index is 14.9. The number of allylic oxidation sites excluding steroid dienone is 5. The molecule has 0 bridgehead atoms. The Bertz CT molecular complexity index is 971. The standard InChI is InChI=1S/C29H37FN2O2/c30-29(18-10-13-24-11-6-5-7-12-24)19-16-26(17-20-29)33-21-8-3-1-2-4-9-22-34-28-15-14-25(31)23-27(28)32/h5-7,10-12,14-19,23H,1-4,8-9,13,20-22,31-32H2. The topological polar surface area (TPSA) is 70.5 Å². The predicted molar refractivity (Wildman–Crippen MR) is 139 cm³/mol. The first-order valence-electron chi connectivity index (χ1n) is 12.2. The van der Waals surface area contributed by atoms with Crippen molar-refractivity contribution in [2.45, 2.75) is 57.0 Å². The van der Waals surface area contributed by atoms with Gasteiger partial charge in [0.05, 0.1) is 18.9 Å². The van der Waals surface area contributed by atoms with Crippen LogP contribution in [0.2, 0.25) is 0 Å². The Labute approximate surface area is 203 Å². The van der Waals surface area contributed by atoms with Crippen LogP contribution in [0.3, 0.4) is 0 Å². The monoisotopic (exact) mass is 464 g/mol. The molecule has 182 valence electrons. The molecule has 0 saturated heterocycles. The van der Waals surface area contributed by atoms with Crippen molar-refractivity contribution >= 4 is 11.4 Å². The molecule has 0 fully saturated rings. The molecule has 4 nitrogen and oxygen atoms in total. The fourth-order valence-corrected chi connectivity index (χ4v) is 3.83. The van der Waals surface area contributed by atoms with Gasteiger partial charge in [0.1, 0.15) is 11.5 Å². The van der Waals surface area contributed by atoms with Crippen LogP contribution in [-0.4, -0.2) is 18.9 Å². The summed E-state index contributed by atoms with van der Waals surface area (Å²) in [7, 11) is 0. The van der Waals surface area contributed by atoms with Gasteiger partial charge in [-0.3, -0.25) is 0 Å². The second kappa shape index (κ2) is 13.5. The molecule has 5 heteroatoms. The van der Waals surface area contributed by atoms with Gasteiger partial charge in [0.15, 0.2) is 5.67 Å². The molecule has 1 unspecified atom stereocenters. The number of nitrogen functional groups attached to an aromatic ring is 2.